The van der Waals surface area contributed by atoms with E-state index in [1.54, 1.807) is 12.1 Å². The summed E-state index contributed by atoms with van der Waals surface area (Å²) in [5.74, 6) is -1.06. The van der Waals surface area contributed by atoms with Crippen LogP contribution in [0.4, 0.5) is 0 Å². The minimum absolute atomic E-state index is 0.0369. The third-order valence-electron chi connectivity index (χ3n) is 2.82. The fourth-order valence-corrected chi connectivity index (χ4v) is 1.96. The number of hydrogen-bond donors (Lipinski definition) is 0. The molecular weight excluding hydrogens is 250 g/mol. The molecule has 0 aliphatic heterocycles. The van der Waals surface area contributed by atoms with Crippen LogP contribution in [0.25, 0.3) is 0 Å². The summed E-state index contributed by atoms with van der Waals surface area (Å²) in [5, 5.41) is 10.8. The molecule has 100 valence electrons. The van der Waals surface area contributed by atoms with Crippen molar-refractivity contribution in [2.45, 2.75) is 19.9 Å². The lowest BCUT2D eigenvalue weighted by Crippen LogP contribution is -2.31. The Labute approximate surface area is 109 Å². The van der Waals surface area contributed by atoms with E-state index in [9.17, 15) is 19.7 Å². The normalized spacial score (nSPS) is 17.7. The monoisotopic (exact) mass is 263 g/mol. The Morgan fingerprint density at radius 3 is 2.58 bits per heavy atom. The van der Waals surface area contributed by atoms with Crippen LogP contribution in [0.3, 0.4) is 0 Å². The molecule has 19 heavy (non-hydrogen) atoms. The van der Waals surface area contributed by atoms with Gasteiger partial charge in [-0.3, -0.25) is 19.7 Å². The van der Waals surface area contributed by atoms with Gasteiger partial charge in [0.05, 0.1) is 12.2 Å². The van der Waals surface area contributed by atoms with Gasteiger partial charge in [0.15, 0.2) is 0 Å². The number of benzene rings is 1. The second kappa shape index (κ2) is 4.79. The van der Waals surface area contributed by atoms with Crippen molar-refractivity contribution >= 4 is 11.6 Å². The molecule has 0 saturated heterocycles. The number of carbonyl (C=O) groups excluding carboxylic acids is 2. The van der Waals surface area contributed by atoms with E-state index in [4.69, 9.17) is 4.74 Å². The van der Waals surface area contributed by atoms with Crippen LogP contribution in [-0.4, -0.2) is 29.1 Å². The summed E-state index contributed by atoms with van der Waals surface area (Å²) in [4.78, 5) is 33.7. The average Bonchev–Trinajstić information content (AvgIpc) is 2.60. The van der Waals surface area contributed by atoms with E-state index in [2.05, 4.69) is 0 Å². The lowest BCUT2D eigenvalue weighted by molar-refractivity contribution is -0.488. The van der Waals surface area contributed by atoms with E-state index in [1.165, 1.54) is 6.07 Å². The number of nitro groups is 1. The maximum Gasteiger partial charge on any atom is 0.336 e. The quantitative estimate of drug-likeness (QED) is 0.469. The highest BCUT2D eigenvalue weighted by molar-refractivity contribution is 6.29. The second-order valence-corrected chi connectivity index (χ2v) is 4.80. The van der Waals surface area contributed by atoms with Gasteiger partial charge in [0, 0.05) is 10.5 Å². The molecule has 0 heterocycles. The summed E-state index contributed by atoms with van der Waals surface area (Å²) in [5.41, 5.74) is 0.114. The number of carbonyl (C=O) groups is 2. The van der Waals surface area contributed by atoms with Gasteiger partial charge in [-0.25, -0.2) is 0 Å². The van der Waals surface area contributed by atoms with Gasteiger partial charge in [0.1, 0.15) is 5.75 Å². The molecule has 0 amide bonds. The standard InChI is InChI=1S/C13H13NO5/c1-7(2)6-19-9-5-3-4-8-10(9)13(16)11(12(8)15)14(17)18/h3-5,7,11H,6H2,1-2H3. The third kappa shape index (κ3) is 2.21. The van der Waals surface area contributed by atoms with Crippen molar-refractivity contribution in [1.29, 1.82) is 0 Å². The van der Waals surface area contributed by atoms with Gasteiger partial charge in [-0.2, -0.15) is 0 Å². The number of fused-ring (bicyclic) bond motifs is 1. The van der Waals surface area contributed by atoms with Gasteiger partial charge in [-0.15, -0.1) is 0 Å². The van der Waals surface area contributed by atoms with Crippen molar-refractivity contribution in [3.05, 3.63) is 39.4 Å². The van der Waals surface area contributed by atoms with Gasteiger partial charge in [-0.1, -0.05) is 26.0 Å². The largest absolute Gasteiger partial charge is 0.493 e. The molecular formula is C13H13NO5. The van der Waals surface area contributed by atoms with Gasteiger partial charge < -0.3 is 4.74 Å². The van der Waals surface area contributed by atoms with Crippen molar-refractivity contribution in [2.75, 3.05) is 6.61 Å². The van der Waals surface area contributed by atoms with Crippen LogP contribution in [0.2, 0.25) is 0 Å². The summed E-state index contributed by atoms with van der Waals surface area (Å²) in [6.45, 7) is 4.26. The molecule has 0 aromatic heterocycles. The topological polar surface area (TPSA) is 86.5 Å². The van der Waals surface area contributed by atoms with E-state index < -0.39 is 22.5 Å². The highest BCUT2D eigenvalue weighted by Gasteiger charge is 2.49. The maximum absolute atomic E-state index is 12.0. The molecule has 1 aromatic rings. The number of rotatable bonds is 4. The number of Topliss-reactive ketones (excluding diaryl/α,β-unsaturated/α-hetero) is 2. The zero-order chi connectivity index (χ0) is 14.2. The van der Waals surface area contributed by atoms with Gasteiger partial charge in [-0.05, 0) is 12.0 Å². The first-order valence-electron chi connectivity index (χ1n) is 5.91. The van der Waals surface area contributed by atoms with Crippen molar-refractivity contribution in [3.63, 3.8) is 0 Å². The Balaban J connectivity index is 2.42. The molecule has 0 spiro atoms. The molecule has 1 aliphatic rings. The minimum Gasteiger partial charge on any atom is -0.493 e. The zero-order valence-corrected chi connectivity index (χ0v) is 10.6. The van der Waals surface area contributed by atoms with Crippen LogP contribution in [0.15, 0.2) is 18.2 Å². The Kier molecular flexibility index (Phi) is 3.33. The van der Waals surface area contributed by atoms with Crippen LogP contribution in [0.1, 0.15) is 34.6 Å². The predicted molar refractivity (Wildman–Crippen MR) is 66.2 cm³/mol. The Hall–Kier alpha value is -2.24. The van der Waals surface area contributed by atoms with Crippen molar-refractivity contribution in [1.82, 2.24) is 0 Å². The van der Waals surface area contributed by atoms with E-state index in [1.807, 2.05) is 13.8 Å². The Morgan fingerprint density at radius 2 is 2.00 bits per heavy atom. The van der Waals surface area contributed by atoms with Gasteiger partial charge in [0.2, 0.25) is 11.6 Å². The van der Waals surface area contributed by atoms with Crippen molar-refractivity contribution in [2.24, 2.45) is 5.92 Å². The molecule has 1 atom stereocenters. The zero-order valence-electron chi connectivity index (χ0n) is 10.6. The minimum atomic E-state index is -1.82. The molecule has 0 fully saturated rings. The van der Waals surface area contributed by atoms with E-state index >= 15 is 0 Å². The lowest BCUT2D eigenvalue weighted by Gasteiger charge is -2.10. The van der Waals surface area contributed by atoms with Gasteiger partial charge >= 0.3 is 6.04 Å². The predicted octanol–water partition coefficient (Wildman–Crippen LogP) is 1.75. The molecule has 0 bridgehead atoms. The Morgan fingerprint density at radius 1 is 1.32 bits per heavy atom. The molecule has 0 radical (unpaired) electrons. The fraction of sp³-hybridized carbons (Fsp3) is 0.385. The van der Waals surface area contributed by atoms with Crippen LogP contribution >= 0.6 is 0 Å². The molecule has 1 aromatic carbocycles. The fourth-order valence-electron chi connectivity index (χ4n) is 1.96. The summed E-state index contributed by atoms with van der Waals surface area (Å²) < 4.78 is 5.46. The van der Waals surface area contributed by atoms with Crippen LogP contribution in [-0.2, 0) is 0 Å². The second-order valence-electron chi connectivity index (χ2n) is 4.80. The van der Waals surface area contributed by atoms with Crippen LogP contribution in [0.5, 0.6) is 5.75 Å². The molecule has 0 saturated carbocycles. The summed E-state index contributed by atoms with van der Waals surface area (Å²) in [7, 11) is 0. The molecule has 2 rings (SSSR count). The molecule has 0 N–H and O–H groups in total. The first-order valence-corrected chi connectivity index (χ1v) is 5.91. The summed E-state index contributed by atoms with van der Waals surface area (Å²) in [6.07, 6.45) is 0. The van der Waals surface area contributed by atoms with Gasteiger partial charge in [0.25, 0.3) is 0 Å². The summed E-state index contributed by atoms with van der Waals surface area (Å²) in [6, 6.07) is 2.71. The van der Waals surface area contributed by atoms with E-state index in [-0.39, 0.29) is 22.8 Å². The number of ether oxygens (including phenoxy) is 1. The smallest absolute Gasteiger partial charge is 0.336 e. The van der Waals surface area contributed by atoms with Crippen molar-refractivity contribution < 1.29 is 19.2 Å². The first kappa shape index (κ1) is 13.2. The van der Waals surface area contributed by atoms with Crippen molar-refractivity contribution in [3.8, 4) is 5.75 Å². The molecule has 6 heteroatoms. The highest BCUT2D eigenvalue weighted by atomic mass is 16.6. The first-order chi connectivity index (χ1) is 8.93. The molecule has 1 unspecified atom stereocenters. The summed E-state index contributed by atoms with van der Waals surface area (Å²) >= 11 is 0. The van der Waals surface area contributed by atoms with Crippen LogP contribution < -0.4 is 4.74 Å². The molecule has 1 aliphatic carbocycles. The Bertz CT molecular complexity index is 564. The highest BCUT2D eigenvalue weighted by Crippen LogP contribution is 2.32. The van der Waals surface area contributed by atoms with E-state index in [0.29, 0.717) is 6.61 Å². The van der Waals surface area contributed by atoms with Crippen LogP contribution in [0, 0.1) is 16.0 Å². The molecule has 6 nitrogen and oxygen atoms in total. The number of ketones is 2. The average molecular weight is 263 g/mol. The third-order valence-corrected chi connectivity index (χ3v) is 2.82. The SMILES string of the molecule is CC(C)COc1cccc2c1C(=O)C([N+](=O)[O-])C2=O. The lowest BCUT2D eigenvalue weighted by atomic mass is 10.1. The maximum atomic E-state index is 12.0. The van der Waals surface area contributed by atoms with E-state index in [0.717, 1.165) is 0 Å². The number of nitrogens with zero attached hydrogens (tertiary/aromatic N) is 1. The number of hydrogen-bond acceptors (Lipinski definition) is 5.